The molecule has 116 valence electrons. The lowest BCUT2D eigenvalue weighted by molar-refractivity contribution is -0.162. The number of ether oxygens (including phenoxy) is 1. The molecule has 0 N–H and O–H groups in total. The van der Waals surface area contributed by atoms with Gasteiger partial charge in [-0.3, -0.25) is 4.79 Å². The van der Waals surface area contributed by atoms with Crippen molar-refractivity contribution in [1.82, 2.24) is 4.90 Å². The van der Waals surface area contributed by atoms with E-state index in [9.17, 15) is 18.0 Å². The van der Waals surface area contributed by atoms with Gasteiger partial charge in [0.1, 0.15) is 12.3 Å². The van der Waals surface area contributed by atoms with Crippen molar-refractivity contribution in [2.45, 2.75) is 18.5 Å². The van der Waals surface area contributed by atoms with Gasteiger partial charge in [-0.1, -0.05) is 18.2 Å². The fourth-order valence-electron chi connectivity index (χ4n) is 2.40. The summed E-state index contributed by atoms with van der Waals surface area (Å²) >= 11 is 5.52. The summed E-state index contributed by atoms with van der Waals surface area (Å²) in [6.45, 7) is -1.09. The Hall–Kier alpha value is -1.43. The highest BCUT2D eigenvalue weighted by Gasteiger charge is 2.37. The molecule has 1 unspecified atom stereocenters. The molecule has 1 aromatic carbocycles. The Kier molecular flexibility index (Phi) is 4.98. The Balaban J connectivity index is 2.21. The standard InChI is InChI=1S/C14H15ClF3NO2/c15-6-7-19(9-14(16,17)18)13(20)11-5-8-21-12-4-2-1-3-10(11)12/h1-4,11H,5-9H2. The van der Waals surface area contributed by atoms with Crippen molar-refractivity contribution < 1.29 is 22.7 Å². The smallest absolute Gasteiger partial charge is 0.406 e. The first-order chi connectivity index (χ1) is 9.92. The number of hydrogen-bond acceptors (Lipinski definition) is 2. The van der Waals surface area contributed by atoms with Gasteiger partial charge in [0.25, 0.3) is 0 Å². The molecule has 1 atom stereocenters. The van der Waals surface area contributed by atoms with Crippen molar-refractivity contribution in [3.8, 4) is 5.75 Å². The Morgan fingerprint density at radius 2 is 2.10 bits per heavy atom. The number of rotatable bonds is 4. The average molecular weight is 322 g/mol. The number of hydrogen-bond donors (Lipinski definition) is 0. The van der Waals surface area contributed by atoms with E-state index < -0.39 is 24.5 Å². The Bertz CT molecular complexity index is 507. The van der Waals surface area contributed by atoms with E-state index in [1.54, 1.807) is 24.3 Å². The van der Waals surface area contributed by atoms with Gasteiger partial charge in [0.05, 0.1) is 12.5 Å². The third-order valence-corrected chi connectivity index (χ3v) is 3.46. The number of halogens is 4. The van der Waals surface area contributed by atoms with Crippen LogP contribution >= 0.6 is 11.6 Å². The first-order valence-electron chi connectivity index (χ1n) is 6.55. The van der Waals surface area contributed by atoms with Gasteiger partial charge in [-0.05, 0) is 12.5 Å². The van der Waals surface area contributed by atoms with Crippen LogP contribution in [0.4, 0.5) is 13.2 Å². The van der Waals surface area contributed by atoms with Crippen LogP contribution in [0.2, 0.25) is 0 Å². The molecule has 21 heavy (non-hydrogen) atoms. The second kappa shape index (κ2) is 6.56. The lowest BCUT2D eigenvalue weighted by Crippen LogP contribution is -2.43. The molecule has 0 fully saturated rings. The number of nitrogens with zero attached hydrogens (tertiary/aromatic N) is 1. The number of carbonyl (C=O) groups excluding carboxylic acids is 1. The molecule has 7 heteroatoms. The first-order valence-corrected chi connectivity index (χ1v) is 7.09. The molecule has 3 nitrogen and oxygen atoms in total. The van der Waals surface area contributed by atoms with Gasteiger partial charge in [0.15, 0.2) is 0 Å². The summed E-state index contributed by atoms with van der Waals surface area (Å²) in [5.41, 5.74) is 0.635. The highest BCUT2D eigenvalue weighted by molar-refractivity contribution is 6.18. The van der Waals surface area contributed by atoms with E-state index in [4.69, 9.17) is 16.3 Å². The minimum atomic E-state index is -4.44. The van der Waals surface area contributed by atoms with E-state index in [2.05, 4.69) is 0 Å². The predicted molar refractivity (Wildman–Crippen MR) is 72.7 cm³/mol. The lowest BCUT2D eigenvalue weighted by Gasteiger charge is -2.31. The zero-order valence-electron chi connectivity index (χ0n) is 11.2. The van der Waals surface area contributed by atoms with Gasteiger partial charge in [0, 0.05) is 18.0 Å². The Morgan fingerprint density at radius 3 is 2.76 bits per heavy atom. The van der Waals surface area contributed by atoms with Gasteiger partial charge < -0.3 is 9.64 Å². The number of benzene rings is 1. The van der Waals surface area contributed by atoms with E-state index in [1.165, 1.54) is 0 Å². The number of alkyl halides is 4. The van der Waals surface area contributed by atoms with Crippen molar-refractivity contribution in [3.05, 3.63) is 29.8 Å². The van der Waals surface area contributed by atoms with Gasteiger partial charge in [-0.25, -0.2) is 0 Å². The Morgan fingerprint density at radius 1 is 1.38 bits per heavy atom. The molecular formula is C14H15ClF3NO2. The van der Waals surface area contributed by atoms with Gasteiger partial charge in [-0.2, -0.15) is 13.2 Å². The molecule has 2 rings (SSSR count). The molecule has 1 aliphatic heterocycles. The van der Waals surface area contributed by atoms with E-state index in [-0.39, 0.29) is 12.4 Å². The highest BCUT2D eigenvalue weighted by atomic mass is 35.5. The molecule has 1 heterocycles. The number of fused-ring (bicyclic) bond motifs is 1. The van der Waals surface area contributed by atoms with Crippen LogP contribution in [0.15, 0.2) is 24.3 Å². The molecular weight excluding hydrogens is 307 g/mol. The summed E-state index contributed by atoms with van der Waals surface area (Å²) < 4.78 is 43.2. The second-order valence-electron chi connectivity index (χ2n) is 4.79. The van der Waals surface area contributed by atoms with Crippen molar-refractivity contribution in [2.75, 3.05) is 25.6 Å². The maximum Gasteiger partial charge on any atom is 0.406 e. The minimum Gasteiger partial charge on any atom is -0.493 e. The Labute approximate surface area is 125 Å². The maximum absolute atomic E-state index is 12.6. The summed E-state index contributed by atoms with van der Waals surface area (Å²) in [4.78, 5) is 13.2. The van der Waals surface area contributed by atoms with E-state index in [0.29, 0.717) is 24.3 Å². The fraction of sp³-hybridized carbons (Fsp3) is 0.500. The van der Waals surface area contributed by atoms with Crippen LogP contribution in [0.25, 0.3) is 0 Å². The van der Waals surface area contributed by atoms with Crippen molar-refractivity contribution in [2.24, 2.45) is 0 Å². The van der Waals surface area contributed by atoms with Crippen LogP contribution in [-0.2, 0) is 4.79 Å². The zero-order valence-corrected chi connectivity index (χ0v) is 12.0. The maximum atomic E-state index is 12.6. The van der Waals surface area contributed by atoms with Crippen LogP contribution in [0.3, 0.4) is 0 Å². The fourth-order valence-corrected chi connectivity index (χ4v) is 2.61. The number of amides is 1. The van der Waals surface area contributed by atoms with Crippen LogP contribution in [-0.4, -0.2) is 42.6 Å². The zero-order chi connectivity index (χ0) is 15.5. The van der Waals surface area contributed by atoms with Crippen molar-refractivity contribution in [3.63, 3.8) is 0 Å². The topological polar surface area (TPSA) is 29.5 Å². The van der Waals surface area contributed by atoms with Crippen molar-refractivity contribution >= 4 is 17.5 Å². The SMILES string of the molecule is O=C(C1CCOc2ccccc21)N(CCCl)CC(F)(F)F. The van der Waals surface area contributed by atoms with Crippen LogP contribution in [0.1, 0.15) is 17.9 Å². The normalized spacial score (nSPS) is 17.8. The summed E-state index contributed by atoms with van der Waals surface area (Å²) in [5.74, 6) is -0.642. The van der Waals surface area contributed by atoms with E-state index in [0.717, 1.165) is 4.90 Å². The third-order valence-electron chi connectivity index (χ3n) is 3.29. The van der Waals surface area contributed by atoms with E-state index in [1.807, 2.05) is 0 Å². The molecule has 0 spiro atoms. The van der Waals surface area contributed by atoms with Crippen LogP contribution in [0.5, 0.6) is 5.75 Å². The summed E-state index contributed by atoms with van der Waals surface area (Å²) in [5, 5.41) is 0. The molecule has 1 aliphatic rings. The summed E-state index contributed by atoms with van der Waals surface area (Å²) in [6.07, 6.45) is -4.07. The molecule has 0 saturated carbocycles. The average Bonchev–Trinajstić information content (AvgIpc) is 2.44. The van der Waals surface area contributed by atoms with Gasteiger partial charge >= 0.3 is 6.18 Å². The number of carbonyl (C=O) groups is 1. The molecule has 0 bridgehead atoms. The first kappa shape index (κ1) is 15.9. The third kappa shape index (κ3) is 4.03. The quantitative estimate of drug-likeness (QED) is 0.797. The molecule has 1 amide bonds. The molecule has 0 radical (unpaired) electrons. The summed E-state index contributed by atoms with van der Waals surface area (Å²) in [6, 6.07) is 6.93. The second-order valence-corrected chi connectivity index (χ2v) is 5.17. The molecule has 0 saturated heterocycles. The van der Waals surface area contributed by atoms with Crippen LogP contribution in [0, 0.1) is 0 Å². The largest absolute Gasteiger partial charge is 0.493 e. The monoisotopic (exact) mass is 321 g/mol. The summed E-state index contributed by atoms with van der Waals surface area (Å²) in [7, 11) is 0. The molecule has 1 aromatic rings. The molecule has 0 aromatic heterocycles. The lowest BCUT2D eigenvalue weighted by atomic mass is 9.92. The van der Waals surface area contributed by atoms with Crippen molar-refractivity contribution in [1.29, 1.82) is 0 Å². The van der Waals surface area contributed by atoms with Gasteiger partial charge in [-0.15, -0.1) is 11.6 Å². The van der Waals surface area contributed by atoms with Crippen LogP contribution < -0.4 is 4.74 Å². The minimum absolute atomic E-state index is 0.0350. The molecule has 0 aliphatic carbocycles. The predicted octanol–water partition coefficient (Wildman–Crippen LogP) is 3.18. The number of para-hydroxylation sites is 1. The van der Waals surface area contributed by atoms with E-state index >= 15 is 0 Å². The van der Waals surface area contributed by atoms with Gasteiger partial charge in [0.2, 0.25) is 5.91 Å². The highest BCUT2D eigenvalue weighted by Crippen LogP contribution is 2.35.